The molecule has 3 N–H and O–H groups in total. The van der Waals surface area contributed by atoms with E-state index in [1.165, 1.54) is 11.6 Å². The summed E-state index contributed by atoms with van der Waals surface area (Å²) in [5.74, 6) is -1.06. The number of ether oxygens (including phenoxy) is 1. The van der Waals surface area contributed by atoms with Gasteiger partial charge >= 0.3 is 6.03 Å². The van der Waals surface area contributed by atoms with Gasteiger partial charge in [0.2, 0.25) is 0 Å². The third-order valence-corrected chi connectivity index (χ3v) is 5.22. The monoisotopic (exact) mass is 452 g/mol. The lowest BCUT2D eigenvalue weighted by Gasteiger charge is -2.30. The van der Waals surface area contributed by atoms with Crippen molar-refractivity contribution < 1.29 is 24.3 Å². The number of carbonyl (C=O) groups is 3. The zero-order valence-corrected chi connectivity index (χ0v) is 18.3. The average Bonchev–Trinajstić information content (AvgIpc) is 2.86. The first-order chi connectivity index (χ1) is 16.0. The zero-order valence-electron chi connectivity index (χ0n) is 18.3. The van der Waals surface area contributed by atoms with E-state index in [4.69, 9.17) is 9.94 Å². The third kappa shape index (κ3) is 7.83. The van der Waals surface area contributed by atoms with Gasteiger partial charge in [0.25, 0.3) is 11.8 Å². The summed E-state index contributed by atoms with van der Waals surface area (Å²) in [6.07, 6.45) is 2.78. The fourth-order valence-electron chi connectivity index (χ4n) is 3.34. The smallest absolute Gasteiger partial charge is 0.324 e. The summed E-state index contributed by atoms with van der Waals surface area (Å²) in [7, 11) is 0. The quantitative estimate of drug-likeness (QED) is 0.320. The van der Waals surface area contributed by atoms with Gasteiger partial charge in [0, 0.05) is 44.4 Å². The van der Waals surface area contributed by atoms with Gasteiger partial charge in [0.1, 0.15) is 0 Å². The summed E-state index contributed by atoms with van der Waals surface area (Å²) in [6.45, 7) is 4.39. The summed E-state index contributed by atoms with van der Waals surface area (Å²) < 4.78 is 5.38. The Hall–Kier alpha value is -3.53. The number of nitrogens with zero attached hydrogens (tertiary/aromatic N) is 2. The van der Waals surface area contributed by atoms with Gasteiger partial charge < -0.3 is 9.64 Å². The minimum absolute atomic E-state index is 0.319. The first-order valence-electron chi connectivity index (χ1n) is 10.7. The number of benzene rings is 2. The standard InChI is InChI=1S/C24H28N4O5/c29-22(26-32)11-10-19-6-8-20(9-7-19)18-28(13-12-27-14-16-33-17-15-27)24(31)25-23(30)21-4-2-1-3-5-21/h1-11,32H,12-18H2,(H,26,29)(H,25,30,31)/b11-10+. The zero-order chi connectivity index (χ0) is 23.5. The van der Waals surface area contributed by atoms with Crippen LogP contribution < -0.4 is 10.8 Å². The van der Waals surface area contributed by atoms with Gasteiger partial charge in [-0.25, -0.2) is 10.3 Å². The predicted molar refractivity (Wildman–Crippen MR) is 122 cm³/mol. The van der Waals surface area contributed by atoms with Crippen LogP contribution in [0.3, 0.4) is 0 Å². The van der Waals surface area contributed by atoms with E-state index in [1.807, 2.05) is 30.3 Å². The molecule has 2 aromatic rings. The highest BCUT2D eigenvalue weighted by Crippen LogP contribution is 2.10. The number of hydroxylamine groups is 1. The van der Waals surface area contributed by atoms with Gasteiger partial charge in [-0.1, -0.05) is 42.5 Å². The van der Waals surface area contributed by atoms with E-state index in [1.54, 1.807) is 35.2 Å². The first kappa shape index (κ1) is 24.1. The second-order valence-corrected chi connectivity index (χ2v) is 7.55. The molecular weight excluding hydrogens is 424 g/mol. The maximum absolute atomic E-state index is 13.0. The van der Waals surface area contributed by atoms with E-state index < -0.39 is 17.8 Å². The fourth-order valence-corrected chi connectivity index (χ4v) is 3.34. The predicted octanol–water partition coefficient (Wildman–Crippen LogP) is 1.89. The molecule has 9 heteroatoms. The summed E-state index contributed by atoms with van der Waals surface area (Å²) in [4.78, 5) is 40.4. The minimum atomic E-state index is -0.617. The van der Waals surface area contributed by atoms with E-state index in [-0.39, 0.29) is 0 Å². The van der Waals surface area contributed by atoms with Crippen LogP contribution in [-0.2, 0) is 16.1 Å². The van der Waals surface area contributed by atoms with Gasteiger partial charge in [-0.3, -0.25) is 25.0 Å². The van der Waals surface area contributed by atoms with Crippen LogP contribution in [0, 0.1) is 0 Å². The lowest BCUT2D eigenvalue weighted by atomic mass is 10.1. The van der Waals surface area contributed by atoms with Gasteiger partial charge in [0.15, 0.2) is 0 Å². The highest BCUT2D eigenvalue weighted by atomic mass is 16.5. The fraction of sp³-hybridized carbons (Fsp3) is 0.292. The van der Waals surface area contributed by atoms with Crippen molar-refractivity contribution in [1.29, 1.82) is 0 Å². The van der Waals surface area contributed by atoms with Crippen LogP contribution >= 0.6 is 0 Å². The van der Waals surface area contributed by atoms with Crippen LogP contribution in [0.25, 0.3) is 6.08 Å². The van der Waals surface area contributed by atoms with Crippen LogP contribution in [0.5, 0.6) is 0 Å². The molecule has 1 heterocycles. The molecule has 33 heavy (non-hydrogen) atoms. The van der Waals surface area contributed by atoms with Crippen molar-refractivity contribution in [3.63, 3.8) is 0 Å². The summed E-state index contributed by atoms with van der Waals surface area (Å²) in [5.41, 5.74) is 3.60. The molecule has 0 spiro atoms. The average molecular weight is 453 g/mol. The molecule has 0 aromatic heterocycles. The number of hydrogen-bond donors (Lipinski definition) is 3. The number of rotatable bonds is 8. The molecule has 4 amide bonds. The summed E-state index contributed by atoms with van der Waals surface area (Å²) >= 11 is 0. The van der Waals surface area contributed by atoms with Crippen LogP contribution in [0.15, 0.2) is 60.7 Å². The second-order valence-electron chi connectivity index (χ2n) is 7.55. The summed E-state index contributed by atoms with van der Waals surface area (Å²) in [5, 5.41) is 11.0. The summed E-state index contributed by atoms with van der Waals surface area (Å²) in [6, 6.07) is 15.5. The molecule has 0 saturated carbocycles. The Labute approximate surface area is 192 Å². The lowest BCUT2D eigenvalue weighted by Crippen LogP contribution is -2.47. The highest BCUT2D eigenvalue weighted by molar-refractivity contribution is 6.04. The maximum atomic E-state index is 13.0. The van der Waals surface area contributed by atoms with Crippen molar-refractivity contribution in [3.05, 3.63) is 77.4 Å². The molecule has 1 aliphatic rings. The van der Waals surface area contributed by atoms with Gasteiger partial charge in [-0.05, 0) is 29.3 Å². The molecule has 0 atom stereocenters. The van der Waals surface area contributed by atoms with Crippen molar-refractivity contribution in [2.24, 2.45) is 0 Å². The third-order valence-electron chi connectivity index (χ3n) is 5.22. The minimum Gasteiger partial charge on any atom is -0.379 e. The van der Waals surface area contributed by atoms with E-state index in [0.29, 0.717) is 38.4 Å². The number of morpholine rings is 1. The molecule has 1 fully saturated rings. The highest BCUT2D eigenvalue weighted by Gasteiger charge is 2.19. The Kier molecular flexibility index (Phi) is 9.13. The largest absolute Gasteiger partial charge is 0.379 e. The van der Waals surface area contributed by atoms with Crippen LogP contribution in [0.1, 0.15) is 21.5 Å². The van der Waals surface area contributed by atoms with E-state index in [0.717, 1.165) is 24.2 Å². The van der Waals surface area contributed by atoms with Crippen LogP contribution in [-0.4, -0.2) is 72.2 Å². The topological polar surface area (TPSA) is 111 Å². The molecule has 0 aliphatic carbocycles. The number of urea groups is 1. The Morgan fingerprint density at radius 3 is 2.39 bits per heavy atom. The maximum Gasteiger partial charge on any atom is 0.324 e. The van der Waals surface area contributed by atoms with Crippen LogP contribution in [0.2, 0.25) is 0 Å². The first-order valence-corrected chi connectivity index (χ1v) is 10.7. The Morgan fingerprint density at radius 2 is 1.73 bits per heavy atom. The van der Waals surface area contributed by atoms with Crippen molar-refractivity contribution in [2.45, 2.75) is 6.54 Å². The van der Waals surface area contributed by atoms with Crippen molar-refractivity contribution in [2.75, 3.05) is 39.4 Å². The van der Waals surface area contributed by atoms with Crippen molar-refractivity contribution in [1.82, 2.24) is 20.6 Å². The molecule has 0 unspecified atom stereocenters. The Bertz CT molecular complexity index is 957. The van der Waals surface area contributed by atoms with Crippen molar-refractivity contribution in [3.8, 4) is 0 Å². The molecule has 1 saturated heterocycles. The van der Waals surface area contributed by atoms with E-state index in [2.05, 4.69) is 10.2 Å². The second kappa shape index (κ2) is 12.5. The molecular formula is C24H28N4O5. The SMILES string of the molecule is O=C(/C=C/c1ccc(CN(CCN2CCOCC2)C(=O)NC(=O)c2ccccc2)cc1)NO. The Balaban J connectivity index is 1.66. The molecule has 3 rings (SSSR count). The lowest BCUT2D eigenvalue weighted by molar-refractivity contribution is -0.124. The molecule has 0 radical (unpaired) electrons. The number of amides is 4. The molecule has 9 nitrogen and oxygen atoms in total. The number of imide groups is 1. The number of nitrogens with one attached hydrogen (secondary N) is 2. The van der Waals surface area contributed by atoms with Gasteiger partial charge in [-0.15, -0.1) is 0 Å². The molecule has 174 valence electrons. The molecule has 0 bridgehead atoms. The van der Waals surface area contributed by atoms with E-state index >= 15 is 0 Å². The van der Waals surface area contributed by atoms with Crippen molar-refractivity contribution >= 4 is 23.9 Å². The molecule has 1 aliphatic heterocycles. The molecule has 2 aromatic carbocycles. The van der Waals surface area contributed by atoms with Gasteiger partial charge in [0.05, 0.1) is 13.2 Å². The number of hydrogen-bond acceptors (Lipinski definition) is 6. The van der Waals surface area contributed by atoms with Gasteiger partial charge in [-0.2, -0.15) is 0 Å². The normalized spacial score (nSPS) is 14.1. The van der Waals surface area contributed by atoms with E-state index in [9.17, 15) is 14.4 Å². The Morgan fingerprint density at radius 1 is 1.03 bits per heavy atom. The van der Waals surface area contributed by atoms with Crippen LogP contribution in [0.4, 0.5) is 4.79 Å². The number of carbonyl (C=O) groups excluding carboxylic acids is 3.